The van der Waals surface area contributed by atoms with Crippen molar-refractivity contribution in [3.63, 3.8) is 0 Å². The topological polar surface area (TPSA) is 49.2 Å². The molecule has 0 aromatic carbocycles. The molecular formula is C10H12ClN3OS. The second kappa shape index (κ2) is 4.58. The zero-order chi connectivity index (χ0) is 11.7. The molecule has 0 amide bonds. The van der Waals surface area contributed by atoms with Crippen LogP contribution in [0.2, 0.25) is 5.15 Å². The largest absolute Gasteiger partial charge is 0.372 e. The third-order valence-corrected chi connectivity index (χ3v) is 3.73. The van der Waals surface area contributed by atoms with Gasteiger partial charge in [0.05, 0.1) is 12.2 Å². The Bertz CT molecular complexity index is 418. The maximum absolute atomic E-state index is 9.02. The van der Waals surface area contributed by atoms with E-state index in [4.69, 9.17) is 21.6 Å². The predicted molar refractivity (Wildman–Crippen MR) is 64.1 cm³/mol. The molecule has 4 nitrogen and oxygen atoms in total. The molecule has 2 atom stereocenters. The summed E-state index contributed by atoms with van der Waals surface area (Å²) in [7, 11) is 0. The van der Waals surface area contributed by atoms with Crippen LogP contribution < -0.4 is 4.90 Å². The van der Waals surface area contributed by atoms with Crippen molar-refractivity contribution in [2.75, 3.05) is 18.0 Å². The van der Waals surface area contributed by atoms with E-state index in [0.717, 1.165) is 18.1 Å². The molecular weight excluding hydrogens is 246 g/mol. The van der Waals surface area contributed by atoms with Gasteiger partial charge in [0.25, 0.3) is 0 Å². The molecule has 16 heavy (non-hydrogen) atoms. The molecule has 0 unspecified atom stereocenters. The maximum atomic E-state index is 9.02. The highest BCUT2D eigenvalue weighted by Crippen LogP contribution is 2.32. The number of nitriles is 1. The fourth-order valence-corrected chi connectivity index (χ4v) is 2.96. The average Bonchev–Trinajstić information content (AvgIpc) is 2.58. The van der Waals surface area contributed by atoms with Crippen molar-refractivity contribution < 1.29 is 4.74 Å². The van der Waals surface area contributed by atoms with Gasteiger partial charge in [-0.1, -0.05) is 11.6 Å². The highest BCUT2D eigenvalue weighted by atomic mass is 35.5. The molecule has 0 radical (unpaired) electrons. The molecule has 2 rings (SSSR count). The smallest absolute Gasteiger partial charge is 0.162 e. The summed E-state index contributed by atoms with van der Waals surface area (Å²) in [5.74, 6) is 0. The van der Waals surface area contributed by atoms with E-state index in [2.05, 4.69) is 15.3 Å². The van der Waals surface area contributed by atoms with Crippen molar-refractivity contribution in [3.8, 4) is 6.07 Å². The fourth-order valence-electron chi connectivity index (χ4n) is 1.92. The van der Waals surface area contributed by atoms with Crippen LogP contribution in [0.4, 0.5) is 5.00 Å². The minimum Gasteiger partial charge on any atom is -0.372 e. The first-order valence-corrected chi connectivity index (χ1v) is 6.22. The van der Waals surface area contributed by atoms with Gasteiger partial charge in [0.2, 0.25) is 0 Å². The lowest BCUT2D eigenvalue weighted by Gasteiger charge is -2.35. The van der Waals surface area contributed by atoms with Crippen LogP contribution in [0.5, 0.6) is 0 Å². The van der Waals surface area contributed by atoms with Gasteiger partial charge in [-0.05, 0) is 25.4 Å². The first kappa shape index (κ1) is 11.6. The van der Waals surface area contributed by atoms with E-state index in [1.54, 1.807) is 0 Å². The molecule has 2 heterocycles. The Morgan fingerprint density at radius 1 is 1.50 bits per heavy atom. The summed E-state index contributed by atoms with van der Waals surface area (Å²) in [6.07, 6.45) is 0.326. The fraction of sp³-hybridized carbons (Fsp3) is 0.600. The molecule has 0 N–H and O–H groups in total. The normalized spacial score (nSPS) is 25.5. The standard InChI is InChI=1S/C10H12ClN3OS/c1-6-4-14(5-7(2)15-6)10-8(3-12)9(11)13-16-10/h6-7H,4-5H2,1-2H3/t6-,7-/m0/s1. The molecule has 0 bridgehead atoms. The number of anilines is 1. The van der Waals surface area contributed by atoms with E-state index in [0.29, 0.717) is 10.7 Å². The van der Waals surface area contributed by atoms with Crippen LogP contribution in [0.25, 0.3) is 0 Å². The monoisotopic (exact) mass is 257 g/mol. The lowest BCUT2D eigenvalue weighted by atomic mass is 10.2. The van der Waals surface area contributed by atoms with Crippen molar-refractivity contribution in [1.29, 1.82) is 5.26 Å². The minimum atomic E-state index is 0.163. The molecule has 1 fully saturated rings. The van der Waals surface area contributed by atoms with E-state index >= 15 is 0 Å². The molecule has 1 aliphatic heterocycles. The minimum absolute atomic E-state index is 0.163. The highest BCUT2D eigenvalue weighted by Gasteiger charge is 2.26. The number of hydrogen-bond acceptors (Lipinski definition) is 5. The number of ether oxygens (including phenoxy) is 1. The SMILES string of the molecule is C[C@H]1CN(c2snc(Cl)c2C#N)C[C@H](C)O1. The Morgan fingerprint density at radius 3 is 2.69 bits per heavy atom. The summed E-state index contributed by atoms with van der Waals surface area (Å²) < 4.78 is 9.66. The van der Waals surface area contributed by atoms with Crippen LogP contribution >= 0.6 is 23.1 Å². The lowest BCUT2D eigenvalue weighted by molar-refractivity contribution is -0.00501. The van der Waals surface area contributed by atoms with Crippen molar-refractivity contribution in [2.24, 2.45) is 0 Å². The van der Waals surface area contributed by atoms with Gasteiger partial charge in [0.1, 0.15) is 16.6 Å². The van der Waals surface area contributed by atoms with E-state index in [1.807, 2.05) is 13.8 Å². The molecule has 0 spiro atoms. The first-order chi connectivity index (χ1) is 7.61. The average molecular weight is 258 g/mol. The number of halogens is 1. The van der Waals surface area contributed by atoms with Gasteiger partial charge < -0.3 is 9.64 Å². The number of hydrogen-bond donors (Lipinski definition) is 0. The Kier molecular flexibility index (Phi) is 3.33. The maximum Gasteiger partial charge on any atom is 0.162 e. The summed E-state index contributed by atoms with van der Waals surface area (Å²) in [5, 5.41) is 10.2. The predicted octanol–water partition coefficient (Wildman–Crippen LogP) is 2.28. The zero-order valence-electron chi connectivity index (χ0n) is 9.11. The van der Waals surface area contributed by atoms with Gasteiger partial charge >= 0.3 is 0 Å². The second-order valence-electron chi connectivity index (χ2n) is 3.93. The number of rotatable bonds is 1. The Hall–Kier alpha value is -0.830. The van der Waals surface area contributed by atoms with Crippen molar-refractivity contribution >= 4 is 28.1 Å². The van der Waals surface area contributed by atoms with Crippen molar-refractivity contribution in [3.05, 3.63) is 10.7 Å². The quantitative estimate of drug-likeness (QED) is 0.775. The molecule has 1 aromatic rings. The van der Waals surface area contributed by atoms with E-state index < -0.39 is 0 Å². The van der Waals surface area contributed by atoms with Gasteiger partial charge in [0.15, 0.2) is 5.15 Å². The van der Waals surface area contributed by atoms with Gasteiger partial charge in [-0.3, -0.25) is 0 Å². The third-order valence-electron chi connectivity index (χ3n) is 2.45. The number of aromatic nitrogens is 1. The Labute approximate surface area is 104 Å². The first-order valence-electron chi connectivity index (χ1n) is 5.07. The Morgan fingerprint density at radius 2 is 2.12 bits per heavy atom. The molecule has 6 heteroatoms. The van der Waals surface area contributed by atoms with Gasteiger partial charge in [-0.15, -0.1) is 0 Å². The summed E-state index contributed by atoms with van der Waals surface area (Å²) in [4.78, 5) is 2.13. The van der Waals surface area contributed by atoms with Crippen molar-refractivity contribution in [2.45, 2.75) is 26.1 Å². The van der Waals surface area contributed by atoms with Gasteiger partial charge in [-0.2, -0.15) is 9.64 Å². The second-order valence-corrected chi connectivity index (χ2v) is 5.04. The summed E-state index contributed by atoms with van der Waals surface area (Å²) in [6.45, 7) is 5.60. The molecule has 1 aliphatic rings. The third kappa shape index (κ3) is 2.14. The summed E-state index contributed by atoms with van der Waals surface area (Å²) in [6, 6.07) is 2.10. The van der Waals surface area contributed by atoms with Gasteiger partial charge in [-0.25, -0.2) is 0 Å². The molecule has 1 aromatic heterocycles. The van der Waals surface area contributed by atoms with E-state index in [9.17, 15) is 0 Å². The van der Waals surface area contributed by atoms with Crippen LogP contribution in [0.1, 0.15) is 19.4 Å². The van der Waals surface area contributed by atoms with E-state index in [-0.39, 0.29) is 12.2 Å². The molecule has 86 valence electrons. The van der Waals surface area contributed by atoms with Crippen LogP contribution in [-0.4, -0.2) is 29.7 Å². The van der Waals surface area contributed by atoms with E-state index in [1.165, 1.54) is 11.5 Å². The summed E-state index contributed by atoms with van der Waals surface area (Å²) in [5.41, 5.74) is 0.480. The number of morpholine rings is 1. The van der Waals surface area contributed by atoms with Crippen molar-refractivity contribution in [1.82, 2.24) is 4.37 Å². The highest BCUT2D eigenvalue weighted by molar-refractivity contribution is 7.10. The molecule has 0 aliphatic carbocycles. The van der Waals surface area contributed by atoms with Crippen LogP contribution in [0, 0.1) is 11.3 Å². The molecule has 0 saturated carbocycles. The Balaban J connectivity index is 2.27. The number of nitrogens with zero attached hydrogens (tertiary/aromatic N) is 3. The zero-order valence-corrected chi connectivity index (χ0v) is 10.7. The van der Waals surface area contributed by atoms with Gasteiger partial charge in [0, 0.05) is 13.1 Å². The van der Waals surface area contributed by atoms with Crippen LogP contribution in [0.15, 0.2) is 0 Å². The summed E-state index contributed by atoms with van der Waals surface area (Å²) >= 11 is 7.13. The van der Waals surface area contributed by atoms with Crippen LogP contribution in [-0.2, 0) is 4.74 Å². The lowest BCUT2D eigenvalue weighted by Crippen LogP contribution is -2.45. The van der Waals surface area contributed by atoms with Crippen LogP contribution in [0.3, 0.4) is 0 Å². The molecule has 1 saturated heterocycles.